The van der Waals surface area contributed by atoms with Crippen LogP contribution in [0.3, 0.4) is 0 Å². The Bertz CT molecular complexity index is 1160. The number of carbonyl (C=O) groups excluding carboxylic acids is 5. The summed E-state index contributed by atoms with van der Waals surface area (Å²) in [5.74, 6) is -1.68. The van der Waals surface area contributed by atoms with Crippen molar-refractivity contribution in [2.24, 2.45) is 7.05 Å². The van der Waals surface area contributed by atoms with Crippen LogP contribution in [0.1, 0.15) is 46.4 Å². The summed E-state index contributed by atoms with van der Waals surface area (Å²) in [7, 11) is 1.76. The quantitative estimate of drug-likeness (QED) is 0.331. The molecule has 1 saturated heterocycles. The van der Waals surface area contributed by atoms with E-state index in [1.54, 1.807) is 42.2 Å². The van der Waals surface area contributed by atoms with Gasteiger partial charge in [-0.3, -0.25) is 39.4 Å². The molecule has 0 aliphatic carbocycles. The third kappa shape index (κ3) is 4.75. The van der Waals surface area contributed by atoms with E-state index in [0.717, 1.165) is 4.90 Å². The minimum atomic E-state index is -0.999. The van der Waals surface area contributed by atoms with Gasteiger partial charge >= 0.3 is 6.03 Å². The molecule has 2 aliphatic heterocycles. The molecule has 4 N–H and O–H groups in total. The first-order chi connectivity index (χ1) is 16.3. The van der Waals surface area contributed by atoms with Crippen LogP contribution in [0.15, 0.2) is 30.5 Å². The molecule has 12 nitrogen and oxygen atoms in total. The van der Waals surface area contributed by atoms with Crippen LogP contribution < -0.4 is 21.3 Å². The summed E-state index contributed by atoms with van der Waals surface area (Å²) in [6.07, 6.45) is 3.30. The third-order valence-corrected chi connectivity index (χ3v) is 5.63. The maximum Gasteiger partial charge on any atom is 0.320 e. The third-order valence-electron chi connectivity index (χ3n) is 5.63. The van der Waals surface area contributed by atoms with Crippen LogP contribution in [0.5, 0.6) is 0 Å². The normalized spacial score (nSPS) is 17.4. The summed E-state index contributed by atoms with van der Waals surface area (Å²) in [5, 5.41) is 14.8. The van der Waals surface area contributed by atoms with Crippen LogP contribution in [-0.2, 0) is 16.6 Å². The zero-order chi connectivity index (χ0) is 24.2. The molecule has 0 bridgehead atoms. The van der Waals surface area contributed by atoms with E-state index in [9.17, 15) is 24.0 Å². The number of imide groups is 2. The molecule has 1 unspecified atom stereocenters. The number of amides is 6. The summed E-state index contributed by atoms with van der Waals surface area (Å²) in [6, 6.07) is 5.28. The average molecular weight is 467 g/mol. The van der Waals surface area contributed by atoms with Gasteiger partial charge in [0.1, 0.15) is 6.04 Å². The molecule has 34 heavy (non-hydrogen) atoms. The highest BCUT2D eigenvalue weighted by Crippen LogP contribution is 2.32. The van der Waals surface area contributed by atoms with Gasteiger partial charge < -0.3 is 10.6 Å². The number of hydrogen-bond acceptors (Lipinski definition) is 7. The van der Waals surface area contributed by atoms with Crippen LogP contribution in [0, 0.1) is 0 Å². The minimum Gasteiger partial charge on any atom is -0.384 e. The SMILES string of the molecule is Cn1ccc(NC(=O)NCCCCNc2cccc3c2C(=O)N(C2CCC(=O)NC2=O)C3=O)n1. The van der Waals surface area contributed by atoms with Gasteiger partial charge in [0.2, 0.25) is 11.8 Å². The molecule has 2 aliphatic rings. The minimum absolute atomic E-state index is 0.0723. The molecule has 6 amide bonds. The highest BCUT2D eigenvalue weighted by Gasteiger charge is 2.45. The molecule has 1 fully saturated rings. The number of unbranched alkanes of at least 4 members (excludes halogenated alkanes) is 1. The first kappa shape index (κ1) is 23.0. The Labute approximate surface area is 195 Å². The largest absolute Gasteiger partial charge is 0.384 e. The summed E-state index contributed by atoms with van der Waals surface area (Å²) < 4.78 is 1.59. The van der Waals surface area contributed by atoms with Gasteiger partial charge in [-0.1, -0.05) is 6.07 Å². The Morgan fingerprint density at radius 3 is 2.65 bits per heavy atom. The van der Waals surface area contributed by atoms with Crippen molar-refractivity contribution in [3.8, 4) is 0 Å². The summed E-state index contributed by atoms with van der Waals surface area (Å²) in [5.41, 5.74) is 0.962. The van der Waals surface area contributed by atoms with Gasteiger partial charge in [-0.05, 0) is 31.4 Å². The zero-order valence-corrected chi connectivity index (χ0v) is 18.6. The Kier molecular flexibility index (Phi) is 6.57. The second kappa shape index (κ2) is 9.73. The molecule has 2 aromatic rings. The van der Waals surface area contributed by atoms with Crippen molar-refractivity contribution in [3.63, 3.8) is 0 Å². The molecule has 178 valence electrons. The highest BCUT2D eigenvalue weighted by molar-refractivity contribution is 6.25. The highest BCUT2D eigenvalue weighted by atomic mass is 16.2. The molecule has 0 radical (unpaired) electrons. The van der Waals surface area contributed by atoms with Gasteiger partial charge in [0.15, 0.2) is 5.82 Å². The molecule has 3 heterocycles. The maximum atomic E-state index is 13.1. The van der Waals surface area contributed by atoms with Crippen LogP contribution in [0.2, 0.25) is 0 Å². The summed E-state index contributed by atoms with van der Waals surface area (Å²) in [4.78, 5) is 62.4. The number of aromatic nitrogens is 2. The van der Waals surface area contributed by atoms with Gasteiger partial charge in [-0.15, -0.1) is 0 Å². The van der Waals surface area contributed by atoms with Gasteiger partial charge in [-0.2, -0.15) is 5.10 Å². The summed E-state index contributed by atoms with van der Waals surface area (Å²) >= 11 is 0. The molecule has 0 spiro atoms. The van der Waals surface area contributed by atoms with Crippen molar-refractivity contribution in [3.05, 3.63) is 41.6 Å². The lowest BCUT2D eigenvalue weighted by Gasteiger charge is -2.27. The van der Waals surface area contributed by atoms with Crippen molar-refractivity contribution in [1.29, 1.82) is 0 Å². The number of rotatable bonds is 8. The van der Waals surface area contributed by atoms with Gasteiger partial charge in [0.25, 0.3) is 11.8 Å². The van der Waals surface area contributed by atoms with Crippen molar-refractivity contribution in [2.45, 2.75) is 31.7 Å². The fourth-order valence-electron chi connectivity index (χ4n) is 3.98. The molecular weight excluding hydrogens is 442 g/mol. The maximum absolute atomic E-state index is 13.1. The lowest BCUT2D eigenvalue weighted by molar-refractivity contribution is -0.136. The number of aryl methyl sites for hydroxylation is 1. The second-order valence-corrected chi connectivity index (χ2v) is 8.06. The Morgan fingerprint density at radius 2 is 1.91 bits per heavy atom. The Morgan fingerprint density at radius 1 is 1.12 bits per heavy atom. The molecule has 0 saturated carbocycles. The number of urea groups is 1. The number of piperidine rings is 1. The lowest BCUT2D eigenvalue weighted by atomic mass is 10.0. The van der Waals surface area contributed by atoms with Crippen LogP contribution >= 0.6 is 0 Å². The number of nitrogens with one attached hydrogen (secondary N) is 4. The topological polar surface area (TPSA) is 155 Å². The number of hydrogen-bond donors (Lipinski definition) is 4. The zero-order valence-electron chi connectivity index (χ0n) is 18.6. The number of anilines is 2. The van der Waals surface area contributed by atoms with E-state index in [1.807, 2.05) is 0 Å². The predicted octanol–water partition coefficient (Wildman–Crippen LogP) is 0.835. The van der Waals surface area contributed by atoms with Crippen LogP contribution in [0.4, 0.5) is 16.3 Å². The van der Waals surface area contributed by atoms with E-state index < -0.39 is 29.7 Å². The van der Waals surface area contributed by atoms with Crippen LogP contribution in [-0.4, -0.2) is 63.5 Å². The van der Waals surface area contributed by atoms with Gasteiger partial charge in [0.05, 0.1) is 11.1 Å². The number of benzene rings is 1. The fraction of sp³-hybridized carbons (Fsp3) is 0.364. The molecule has 12 heteroatoms. The lowest BCUT2D eigenvalue weighted by Crippen LogP contribution is -2.54. The number of fused-ring (bicyclic) bond motifs is 1. The molecule has 1 atom stereocenters. The van der Waals surface area contributed by atoms with Crippen molar-refractivity contribution in [1.82, 2.24) is 25.3 Å². The van der Waals surface area contributed by atoms with Gasteiger partial charge in [0, 0.05) is 44.5 Å². The van der Waals surface area contributed by atoms with E-state index in [4.69, 9.17) is 0 Å². The second-order valence-electron chi connectivity index (χ2n) is 8.06. The Hall–Kier alpha value is -4.22. The van der Waals surface area contributed by atoms with E-state index in [-0.39, 0.29) is 30.0 Å². The van der Waals surface area contributed by atoms with Crippen molar-refractivity contribution in [2.75, 3.05) is 23.7 Å². The van der Waals surface area contributed by atoms with Crippen molar-refractivity contribution >= 4 is 41.2 Å². The van der Waals surface area contributed by atoms with E-state index >= 15 is 0 Å². The Balaban J connectivity index is 1.28. The van der Waals surface area contributed by atoms with E-state index in [2.05, 4.69) is 26.4 Å². The van der Waals surface area contributed by atoms with E-state index in [0.29, 0.717) is 37.4 Å². The van der Waals surface area contributed by atoms with Crippen LogP contribution in [0.25, 0.3) is 0 Å². The fourth-order valence-corrected chi connectivity index (χ4v) is 3.98. The predicted molar refractivity (Wildman–Crippen MR) is 121 cm³/mol. The number of nitrogens with zero attached hydrogens (tertiary/aromatic N) is 3. The van der Waals surface area contributed by atoms with Crippen molar-refractivity contribution < 1.29 is 24.0 Å². The first-order valence-electron chi connectivity index (χ1n) is 11.0. The first-order valence-corrected chi connectivity index (χ1v) is 11.0. The molecular formula is C22H25N7O5. The van der Waals surface area contributed by atoms with E-state index in [1.165, 1.54) is 0 Å². The monoisotopic (exact) mass is 467 g/mol. The average Bonchev–Trinajstić information content (AvgIpc) is 3.31. The smallest absolute Gasteiger partial charge is 0.320 e. The molecule has 1 aromatic heterocycles. The molecule has 4 rings (SSSR count). The summed E-state index contributed by atoms with van der Waals surface area (Å²) in [6.45, 7) is 0.966. The number of carbonyl (C=O) groups is 5. The van der Waals surface area contributed by atoms with Gasteiger partial charge in [-0.25, -0.2) is 4.79 Å². The standard InChI is InChI=1S/C22H25N7O5/c1-28-12-9-16(27-28)25-22(34)24-11-3-2-10-23-14-6-4-5-13-18(14)21(33)29(20(13)32)15-7-8-17(30)26-19(15)31/h4-6,9,12,15,23H,2-3,7-8,10-11H2,1H3,(H,26,30,31)(H2,24,25,27,34). The molecule has 1 aromatic carbocycles.